The highest BCUT2D eigenvalue weighted by molar-refractivity contribution is 5.87. The summed E-state index contributed by atoms with van der Waals surface area (Å²) < 4.78 is 10.1. The number of rotatable bonds is 13. The van der Waals surface area contributed by atoms with Gasteiger partial charge >= 0.3 is 6.09 Å². The zero-order valence-electron chi connectivity index (χ0n) is 34.4. The summed E-state index contributed by atoms with van der Waals surface area (Å²) in [4.78, 5) is 61.2. The standard InChI is InChI=1S/C45H56N8O5/c1-26(2)37(48-28(5)57-6)39(54)52-24-29-16-18-44(52,20-29)41-46-22-35(49-41)33-12-8-31(9-13-33)32-10-14-34(15-11-32)36-23-47-42(50-36)45-19-17-30(21-45)25-53(45)40(55)38(27(3)4)51-43(56)58-7/h8-15,22-23,26-27,29-30,37-38,48H,5,16-21,24-25H2,1-4,6-7H3,(H,46,49)(H,47,50)(H,51,56)/t29-,30-,37+,38+,44+,45+/m1/s1. The highest BCUT2D eigenvalue weighted by Gasteiger charge is 2.57. The van der Waals surface area contributed by atoms with Crippen LogP contribution < -0.4 is 10.6 Å². The van der Waals surface area contributed by atoms with Crippen LogP contribution in [-0.4, -0.2) is 87.0 Å². The van der Waals surface area contributed by atoms with Gasteiger partial charge in [-0.25, -0.2) is 14.8 Å². The molecule has 6 atom stereocenters. The molecule has 2 saturated carbocycles. The van der Waals surface area contributed by atoms with Crippen LogP contribution in [0.1, 0.15) is 77.9 Å². The van der Waals surface area contributed by atoms with E-state index in [0.29, 0.717) is 24.3 Å². The molecule has 3 amide bonds. The number of piperidine rings is 2. The van der Waals surface area contributed by atoms with Gasteiger partial charge in [-0.15, -0.1) is 0 Å². The van der Waals surface area contributed by atoms with E-state index in [1.165, 1.54) is 7.11 Å². The number of H-pyrrole nitrogens is 2. The highest BCUT2D eigenvalue weighted by Crippen LogP contribution is 2.54. The minimum atomic E-state index is -0.680. The fourth-order valence-electron chi connectivity index (χ4n) is 10.1. The fourth-order valence-corrected chi connectivity index (χ4v) is 10.1. The molecule has 2 aliphatic carbocycles. The Morgan fingerprint density at radius 3 is 1.48 bits per heavy atom. The SMILES string of the molecule is C=C(N[C@H](C(=O)N1C[C@@H]2CC[C@@]1(c1nc(-c3ccc(-c4ccc(-c5c[nH]c([C@@]67CC[C@@H](CN6C(=O)[C@@H](NC(=O)OC)C(C)C)C7)n5)cc4)cc3)c[nH]1)C2)C(C)C)OC. The summed E-state index contributed by atoms with van der Waals surface area (Å²) in [5.41, 5.74) is 4.84. The number of methoxy groups -OCH3 is 2. The van der Waals surface area contributed by atoms with Crippen molar-refractivity contribution in [2.24, 2.45) is 23.7 Å². The van der Waals surface area contributed by atoms with E-state index >= 15 is 0 Å². The Bertz CT molecular complexity index is 2020. The van der Waals surface area contributed by atoms with Gasteiger partial charge < -0.3 is 39.9 Å². The number of alkyl carbamates (subject to hydrolysis) is 1. The number of likely N-dealkylation sites (tertiary alicyclic amines) is 2. The zero-order chi connectivity index (χ0) is 40.9. The average molecular weight is 789 g/mol. The van der Waals surface area contributed by atoms with Crippen molar-refractivity contribution in [3.8, 4) is 33.6 Å². The molecular formula is C45H56N8O5. The maximum Gasteiger partial charge on any atom is 0.407 e. The lowest BCUT2D eigenvalue weighted by Gasteiger charge is -2.40. The number of imidazole rings is 2. The summed E-state index contributed by atoms with van der Waals surface area (Å²) in [5, 5.41) is 5.96. The molecule has 58 heavy (non-hydrogen) atoms. The van der Waals surface area contributed by atoms with E-state index in [1.54, 1.807) is 7.11 Å². The quantitative estimate of drug-likeness (QED) is 0.106. The van der Waals surface area contributed by atoms with Crippen LogP contribution in [0, 0.1) is 23.7 Å². The Kier molecular flexibility index (Phi) is 10.4. The second-order valence-electron chi connectivity index (χ2n) is 17.5. The van der Waals surface area contributed by atoms with Crippen LogP contribution in [0.25, 0.3) is 33.6 Å². The molecular weight excluding hydrogens is 733 g/mol. The maximum absolute atomic E-state index is 14.0. The van der Waals surface area contributed by atoms with Gasteiger partial charge in [-0.1, -0.05) is 76.2 Å². The number of nitrogens with one attached hydrogen (secondary N) is 4. The molecule has 4 fully saturated rings. The van der Waals surface area contributed by atoms with E-state index in [9.17, 15) is 14.4 Å². The van der Waals surface area contributed by atoms with Crippen molar-refractivity contribution < 1.29 is 23.9 Å². The third kappa shape index (κ3) is 6.81. The molecule has 0 radical (unpaired) electrons. The Morgan fingerprint density at radius 2 is 1.10 bits per heavy atom. The minimum absolute atomic E-state index is 0.0555. The van der Waals surface area contributed by atoms with Gasteiger partial charge in [-0.2, -0.15) is 0 Å². The zero-order valence-corrected chi connectivity index (χ0v) is 34.4. The molecule has 4 aromatic rings. The summed E-state index contributed by atoms with van der Waals surface area (Å²) in [6.45, 7) is 13.2. The smallest absolute Gasteiger partial charge is 0.407 e. The topological polar surface area (TPSA) is 158 Å². The Morgan fingerprint density at radius 1 is 0.690 bits per heavy atom. The number of fused-ring (bicyclic) bond motifs is 4. The fraction of sp³-hybridized carbons (Fsp3) is 0.489. The summed E-state index contributed by atoms with van der Waals surface area (Å²) in [6.07, 6.45) is 8.87. The lowest BCUT2D eigenvalue weighted by Crippen LogP contribution is -2.56. The second-order valence-corrected chi connectivity index (χ2v) is 17.5. The van der Waals surface area contributed by atoms with Crippen LogP contribution in [0.5, 0.6) is 0 Å². The molecule has 0 unspecified atom stereocenters. The molecule has 2 aliphatic heterocycles. The predicted octanol–water partition coefficient (Wildman–Crippen LogP) is 6.92. The van der Waals surface area contributed by atoms with Crippen LogP contribution in [0.4, 0.5) is 4.79 Å². The number of hydrogen-bond acceptors (Lipinski definition) is 8. The normalized spacial score (nSPS) is 24.3. The first kappa shape index (κ1) is 39.2. The Balaban J connectivity index is 0.963. The number of hydrogen-bond donors (Lipinski definition) is 4. The number of aromatic nitrogens is 4. The first-order chi connectivity index (χ1) is 27.8. The van der Waals surface area contributed by atoms with Crippen LogP contribution in [-0.2, 0) is 30.1 Å². The number of amides is 3. The molecule has 4 heterocycles. The van der Waals surface area contributed by atoms with E-state index in [2.05, 4.69) is 75.7 Å². The summed E-state index contributed by atoms with van der Waals surface area (Å²) in [6, 6.07) is 15.7. The second kappa shape index (κ2) is 15.3. The van der Waals surface area contributed by atoms with Gasteiger partial charge in [0.05, 0.1) is 25.6 Å². The first-order valence-electron chi connectivity index (χ1n) is 20.7. The molecule has 13 heteroatoms. The van der Waals surface area contributed by atoms with Crippen molar-refractivity contribution in [2.75, 3.05) is 27.3 Å². The van der Waals surface area contributed by atoms with Crippen LogP contribution >= 0.6 is 0 Å². The number of carbonyl (C=O) groups is 3. The predicted molar refractivity (Wildman–Crippen MR) is 221 cm³/mol. The number of carbonyl (C=O) groups excluding carboxylic acids is 3. The molecule has 2 aromatic carbocycles. The van der Waals surface area contributed by atoms with Crippen molar-refractivity contribution in [2.45, 2.75) is 89.4 Å². The van der Waals surface area contributed by atoms with Gasteiger partial charge in [0.2, 0.25) is 11.8 Å². The van der Waals surface area contributed by atoms with E-state index in [1.807, 2.05) is 49.9 Å². The number of benzene rings is 2. The van der Waals surface area contributed by atoms with Gasteiger partial charge in [0.25, 0.3) is 0 Å². The van der Waals surface area contributed by atoms with E-state index in [4.69, 9.17) is 19.4 Å². The molecule has 0 spiro atoms. The van der Waals surface area contributed by atoms with Crippen molar-refractivity contribution in [1.29, 1.82) is 0 Å². The number of nitrogens with zero attached hydrogens (tertiary/aromatic N) is 4. The van der Waals surface area contributed by atoms with Crippen LogP contribution in [0.2, 0.25) is 0 Å². The highest BCUT2D eigenvalue weighted by atomic mass is 16.5. The maximum atomic E-state index is 14.0. The van der Waals surface area contributed by atoms with E-state index < -0.39 is 29.3 Å². The van der Waals surface area contributed by atoms with Crippen molar-refractivity contribution in [1.82, 2.24) is 40.4 Å². The molecule has 4 N–H and O–H groups in total. The largest absolute Gasteiger partial charge is 0.483 e. The third-order valence-electron chi connectivity index (χ3n) is 13.3. The van der Waals surface area contributed by atoms with Crippen molar-refractivity contribution in [3.05, 3.63) is 85.0 Å². The molecule has 8 rings (SSSR count). The molecule has 4 aliphatic rings. The molecule has 2 aromatic heterocycles. The average Bonchev–Trinajstić information content (AvgIpc) is 4.10. The summed E-state index contributed by atoms with van der Waals surface area (Å²) in [5.74, 6) is 2.81. The Hall–Kier alpha value is -5.59. The lowest BCUT2D eigenvalue weighted by molar-refractivity contribution is -0.141. The minimum Gasteiger partial charge on any atom is -0.483 e. The number of ether oxygens (including phenoxy) is 2. The van der Waals surface area contributed by atoms with E-state index in [-0.39, 0.29) is 23.7 Å². The van der Waals surface area contributed by atoms with Gasteiger partial charge in [0, 0.05) is 36.6 Å². The van der Waals surface area contributed by atoms with Crippen LogP contribution in [0.15, 0.2) is 73.4 Å². The third-order valence-corrected chi connectivity index (χ3v) is 13.3. The van der Waals surface area contributed by atoms with Gasteiger partial charge in [-0.3, -0.25) is 9.59 Å². The van der Waals surface area contributed by atoms with E-state index in [0.717, 1.165) is 90.4 Å². The van der Waals surface area contributed by atoms with Crippen molar-refractivity contribution in [3.63, 3.8) is 0 Å². The Labute approximate surface area is 340 Å². The first-order valence-corrected chi connectivity index (χ1v) is 20.7. The summed E-state index contributed by atoms with van der Waals surface area (Å²) >= 11 is 0. The molecule has 13 nitrogen and oxygen atoms in total. The van der Waals surface area contributed by atoms with Gasteiger partial charge in [0.1, 0.15) is 34.8 Å². The summed E-state index contributed by atoms with van der Waals surface area (Å²) in [7, 11) is 2.86. The van der Waals surface area contributed by atoms with Crippen LogP contribution in [0.3, 0.4) is 0 Å². The lowest BCUT2D eigenvalue weighted by atomic mass is 9.93. The molecule has 306 valence electrons. The number of aromatic amines is 2. The molecule has 4 bridgehead atoms. The van der Waals surface area contributed by atoms with Crippen molar-refractivity contribution >= 4 is 17.9 Å². The molecule has 2 saturated heterocycles. The monoisotopic (exact) mass is 788 g/mol. The van der Waals surface area contributed by atoms with Gasteiger partial charge in [-0.05, 0) is 79.9 Å². The van der Waals surface area contributed by atoms with Gasteiger partial charge in [0.15, 0.2) is 5.88 Å².